The molecule has 1 atom stereocenters. The summed E-state index contributed by atoms with van der Waals surface area (Å²) >= 11 is 7.33. The van der Waals surface area contributed by atoms with E-state index in [9.17, 15) is 14.9 Å². The number of benzene rings is 2. The van der Waals surface area contributed by atoms with Crippen LogP contribution >= 0.6 is 23.4 Å². The Morgan fingerprint density at radius 3 is 2.56 bits per heavy atom. The fourth-order valence-electron chi connectivity index (χ4n) is 3.85. The van der Waals surface area contributed by atoms with Crippen LogP contribution in [-0.2, 0) is 9.59 Å². The van der Waals surface area contributed by atoms with Crippen molar-refractivity contribution in [1.29, 1.82) is 5.26 Å². The van der Waals surface area contributed by atoms with Crippen molar-refractivity contribution in [2.24, 2.45) is 0 Å². The van der Waals surface area contributed by atoms with Gasteiger partial charge in [0.25, 0.3) is 5.91 Å². The summed E-state index contributed by atoms with van der Waals surface area (Å²) in [6.45, 7) is 3.59. The van der Waals surface area contributed by atoms with Crippen molar-refractivity contribution in [2.75, 3.05) is 16.4 Å². The van der Waals surface area contributed by atoms with Gasteiger partial charge in [0, 0.05) is 22.1 Å². The van der Waals surface area contributed by atoms with Crippen molar-refractivity contribution < 1.29 is 14.0 Å². The van der Waals surface area contributed by atoms with E-state index in [0.29, 0.717) is 44.0 Å². The fraction of sp³-hybridized carbons (Fsp3) is 0.148. The monoisotopic (exact) mass is 518 g/mol. The lowest BCUT2D eigenvalue weighted by atomic mass is 9.85. The summed E-state index contributed by atoms with van der Waals surface area (Å²) in [4.78, 5) is 26.0. The number of furan rings is 1. The van der Waals surface area contributed by atoms with Crippen LogP contribution in [0.2, 0.25) is 5.02 Å². The largest absolute Gasteiger partial charge is 0.468 e. The van der Waals surface area contributed by atoms with Crippen molar-refractivity contribution in [2.45, 2.75) is 19.8 Å². The van der Waals surface area contributed by atoms with Crippen molar-refractivity contribution in [3.63, 3.8) is 0 Å². The molecule has 3 aromatic rings. The van der Waals surface area contributed by atoms with E-state index in [4.69, 9.17) is 16.0 Å². The summed E-state index contributed by atoms with van der Waals surface area (Å²) in [6.07, 6.45) is 1.50. The normalized spacial score (nSPS) is 15.2. The Morgan fingerprint density at radius 2 is 1.86 bits per heavy atom. The quantitative estimate of drug-likeness (QED) is 0.357. The number of halogens is 1. The van der Waals surface area contributed by atoms with Gasteiger partial charge in [-0.25, -0.2) is 0 Å². The van der Waals surface area contributed by atoms with Crippen LogP contribution < -0.4 is 16.0 Å². The first-order valence-electron chi connectivity index (χ1n) is 11.1. The number of carbonyl (C=O) groups is 2. The van der Waals surface area contributed by atoms with Crippen molar-refractivity contribution >= 4 is 46.6 Å². The number of amides is 2. The summed E-state index contributed by atoms with van der Waals surface area (Å²) in [7, 11) is 0. The molecule has 1 unspecified atom stereocenters. The van der Waals surface area contributed by atoms with Gasteiger partial charge in [-0.3, -0.25) is 9.59 Å². The number of nitriles is 1. The first-order valence-corrected chi connectivity index (χ1v) is 12.4. The summed E-state index contributed by atoms with van der Waals surface area (Å²) in [5.41, 5.74) is 3.27. The van der Waals surface area contributed by atoms with Crippen LogP contribution in [0.4, 0.5) is 11.4 Å². The molecule has 36 heavy (non-hydrogen) atoms. The number of hydrogen-bond donors (Lipinski definition) is 3. The van der Waals surface area contributed by atoms with E-state index in [-0.39, 0.29) is 17.6 Å². The number of hydrogen-bond acceptors (Lipinski definition) is 6. The van der Waals surface area contributed by atoms with Crippen molar-refractivity contribution in [1.82, 2.24) is 5.32 Å². The molecule has 0 saturated heterocycles. The van der Waals surface area contributed by atoms with Crippen LogP contribution in [0.15, 0.2) is 93.2 Å². The van der Waals surface area contributed by atoms with E-state index in [0.717, 1.165) is 5.56 Å². The third-order valence-corrected chi connectivity index (χ3v) is 7.07. The minimum Gasteiger partial charge on any atom is -0.468 e. The minimum absolute atomic E-state index is 0.0448. The second-order valence-corrected chi connectivity index (χ2v) is 9.43. The van der Waals surface area contributed by atoms with Crippen molar-refractivity contribution in [3.8, 4) is 6.07 Å². The smallest absolute Gasteiger partial charge is 0.254 e. The minimum atomic E-state index is -0.726. The zero-order valence-corrected chi connectivity index (χ0v) is 21.2. The predicted octanol–water partition coefficient (Wildman–Crippen LogP) is 5.95. The second kappa shape index (κ2) is 11.2. The number of para-hydroxylation sites is 1. The van der Waals surface area contributed by atoms with Gasteiger partial charge in [0.05, 0.1) is 40.2 Å². The number of anilines is 2. The Morgan fingerprint density at radius 1 is 1.08 bits per heavy atom. The van der Waals surface area contributed by atoms with Gasteiger partial charge in [0.2, 0.25) is 5.91 Å². The van der Waals surface area contributed by atoms with Gasteiger partial charge in [0.1, 0.15) is 5.76 Å². The summed E-state index contributed by atoms with van der Waals surface area (Å²) in [5, 5.41) is 20.1. The Bertz CT molecular complexity index is 1390. The first-order chi connectivity index (χ1) is 17.4. The highest BCUT2D eigenvalue weighted by molar-refractivity contribution is 8.03. The molecule has 1 aromatic heterocycles. The number of nitrogens with one attached hydrogen (secondary N) is 3. The molecule has 1 aliphatic rings. The average molecular weight is 519 g/mol. The first kappa shape index (κ1) is 25.2. The van der Waals surface area contributed by atoms with Gasteiger partial charge in [-0.2, -0.15) is 5.26 Å². The van der Waals surface area contributed by atoms with Crippen LogP contribution in [-0.4, -0.2) is 17.6 Å². The number of nitrogens with zero attached hydrogens (tertiary/aromatic N) is 1. The van der Waals surface area contributed by atoms with Crippen molar-refractivity contribution in [3.05, 3.63) is 105 Å². The number of rotatable bonds is 7. The number of dihydropyridines is 1. The van der Waals surface area contributed by atoms with E-state index in [1.165, 1.54) is 18.0 Å². The predicted molar refractivity (Wildman–Crippen MR) is 142 cm³/mol. The van der Waals surface area contributed by atoms with E-state index in [2.05, 4.69) is 22.0 Å². The van der Waals surface area contributed by atoms with E-state index >= 15 is 0 Å². The standard InChI is InChI=1S/C27H23ClN4O3S/c1-16-20(28)10-6-11-21(16)32-23(33)15-36-27-19(14-29)25(22-12-7-13-35-22)24(17(2)30-27)26(34)31-18-8-4-3-5-9-18/h3-13,25,30H,15H2,1-2H3,(H,31,34)(H,32,33). The molecule has 9 heteroatoms. The molecule has 2 amide bonds. The fourth-order valence-corrected chi connectivity index (χ4v) is 4.92. The SMILES string of the molecule is CC1=C(C(=O)Nc2ccccc2)C(c2ccco2)C(C#N)=C(SCC(=O)Nc2cccc(Cl)c2C)N1. The molecule has 2 heterocycles. The van der Waals surface area contributed by atoms with Crippen LogP contribution in [0.1, 0.15) is 24.2 Å². The Balaban J connectivity index is 1.58. The molecule has 2 aromatic carbocycles. The van der Waals surface area contributed by atoms with E-state index < -0.39 is 5.92 Å². The van der Waals surface area contributed by atoms with E-state index in [1.807, 2.05) is 25.1 Å². The maximum atomic E-state index is 13.3. The third-order valence-electron chi connectivity index (χ3n) is 5.64. The highest BCUT2D eigenvalue weighted by Crippen LogP contribution is 2.41. The van der Waals surface area contributed by atoms with Gasteiger partial charge >= 0.3 is 0 Å². The van der Waals surface area contributed by atoms with E-state index in [1.54, 1.807) is 49.4 Å². The summed E-state index contributed by atoms with van der Waals surface area (Å²) < 4.78 is 5.63. The molecule has 0 saturated carbocycles. The van der Waals surface area contributed by atoms with Gasteiger partial charge in [-0.1, -0.05) is 47.6 Å². The molecule has 0 fully saturated rings. The Hall–Kier alpha value is -3.93. The summed E-state index contributed by atoms with van der Waals surface area (Å²) in [6, 6.07) is 20.0. The van der Waals surface area contributed by atoms with Crippen LogP contribution in [0.5, 0.6) is 0 Å². The van der Waals surface area contributed by atoms with Gasteiger partial charge < -0.3 is 20.4 Å². The van der Waals surface area contributed by atoms with Gasteiger partial charge in [-0.15, -0.1) is 0 Å². The maximum absolute atomic E-state index is 13.3. The lowest BCUT2D eigenvalue weighted by Crippen LogP contribution is -2.31. The molecule has 4 rings (SSSR count). The highest BCUT2D eigenvalue weighted by Gasteiger charge is 2.36. The third kappa shape index (κ3) is 5.48. The Kier molecular flexibility index (Phi) is 7.84. The molecule has 0 spiro atoms. The second-order valence-electron chi connectivity index (χ2n) is 8.04. The molecule has 0 radical (unpaired) electrons. The average Bonchev–Trinajstić information content (AvgIpc) is 3.40. The van der Waals surface area contributed by atoms with Crippen LogP contribution in [0.25, 0.3) is 0 Å². The van der Waals surface area contributed by atoms with Gasteiger partial charge in [0.15, 0.2) is 0 Å². The topological polar surface area (TPSA) is 107 Å². The van der Waals surface area contributed by atoms with Crippen LogP contribution in [0, 0.1) is 18.3 Å². The summed E-state index contributed by atoms with van der Waals surface area (Å²) in [5.74, 6) is -0.818. The zero-order chi connectivity index (χ0) is 25.7. The molecular formula is C27H23ClN4O3S. The number of allylic oxidation sites excluding steroid dienone is 2. The maximum Gasteiger partial charge on any atom is 0.254 e. The molecule has 3 N–H and O–H groups in total. The van der Waals surface area contributed by atoms with Gasteiger partial charge in [-0.05, 0) is 55.8 Å². The lowest BCUT2D eigenvalue weighted by Gasteiger charge is -2.28. The molecular weight excluding hydrogens is 496 g/mol. The molecule has 182 valence electrons. The molecule has 7 nitrogen and oxygen atoms in total. The molecule has 0 bridgehead atoms. The Labute approximate surface area is 218 Å². The zero-order valence-electron chi connectivity index (χ0n) is 19.6. The van der Waals surface area contributed by atoms with Crippen LogP contribution in [0.3, 0.4) is 0 Å². The highest BCUT2D eigenvalue weighted by atomic mass is 35.5. The lowest BCUT2D eigenvalue weighted by molar-refractivity contribution is -0.114. The number of carbonyl (C=O) groups excluding carboxylic acids is 2. The molecule has 0 aliphatic carbocycles. The molecule has 1 aliphatic heterocycles. The number of thioether (sulfide) groups is 1.